The van der Waals surface area contributed by atoms with Crippen LogP contribution in [0.15, 0.2) is 48.5 Å². The summed E-state index contributed by atoms with van der Waals surface area (Å²) in [7, 11) is 0. The van der Waals surface area contributed by atoms with E-state index in [0.29, 0.717) is 24.3 Å². The summed E-state index contributed by atoms with van der Waals surface area (Å²) in [5, 5.41) is 0. The van der Waals surface area contributed by atoms with Crippen molar-refractivity contribution in [2.75, 3.05) is 26.2 Å². The third-order valence-corrected chi connectivity index (χ3v) is 4.48. The van der Waals surface area contributed by atoms with Crippen molar-refractivity contribution in [3.63, 3.8) is 0 Å². The molecule has 0 fully saturated rings. The minimum Gasteiger partial charge on any atom is -0.464 e. The summed E-state index contributed by atoms with van der Waals surface area (Å²) in [5.41, 5.74) is 1.98. The molecule has 25 heavy (non-hydrogen) atoms. The number of carbonyl (C=O) groups is 1. The van der Waals surface area contributed by atoms with E-state index in [0.717, 1.165) is 18.7 Å². The third kappa shape index (κ3) is 5.13. The molecule has 0 amide bonds. The van der Waals surface area contributed by atoms with Gasteiger partial charge in [0.1, 0.15) is 12.4 Å². The first-order valence-corrected chi connectivity index (χ1v) is 8.80. The van der Waals surface area contributed by atoms with Crippen LogP contribution in [-0.2, 0) is 9.53 Å². The molecule has 0 aliphatic rings. The van der Waals surface area contributed by atoms with Crippen LogP contribution in [0.1, 0.15) is 32.3 Å². The molecule has 0 radical (unpaired) electrons. The molecule has 0 saturated heterocycles. The van der Waals surface area contributed by atoms with Crippen LogP contribution >= 0.6 is 0 Å². The van der Waals surface area contributed by atoms with Crippen LogP contribution in [0.5, 0.6) is 0 Å². The molecule has 1 atom stereocenters. The normalized spacial score (nSPS) is 12.2. The number of hydrogen-bond acceptors (Lipinski definition) is 3. The van der Waals surface area contributed by atoms with Gasteiger partial charge >= 0.3 is 5.97 Å². The molecular weight excluding hydrogens is 317 g/mol. The zero-order valence-corrected chi connectivity index (χ0v) is 15.2. The van der Waals surface area contributed by atoms with Crippen LogP contribution in [0.25, 0.3) is 11.1 Å². The molecular formula is C21H26FNO2. The number of ether oxygens (including phenoxy) is 1. The number of likely N-dealkylation sites (N-methyl/N-ethyl adjacent to an activating group) is 1. The van der Waals surface area contributed by atoms with Crippen molar-refractivity contribution in [3.05, 3.63) is 59.9 Å². The first kappa shape index (κ1) is 19.1. The van der Waals surface area contributed by atoms with Gasteiger partial charge in [-0.3, -0.25) is 4.79 Å². The van der Waals surface area contributed by atoms with E-state index < -0.39 is 5.92 Å². The smallest absolute Gasteiger partial charge is 0.313 e. The van der Waals surface area contributed by atoms with Crippen LogP contribution in [0, 0.1) is 5.82 Å². The summed E-state index contributed by atoms with van der Waals surface area (Å²) in [5.74, 6) is -1.14. The van der Waals surface area contributed by atoms with Crippen molar-refractivity contribution in [1.82, 2.24) is 4.90 Å². The largest absolute Gasteiger partial charge is 0.464 e. The number of nitrogens with zero attached hydrogens (tertiary/aromatic N) is 1. The van der Waals surface area contributed by atoms with Crippen molar-refractivity contribution in [2.24, 2.45) is 0 Å². The highest BCUT2D eigenvalue weighted by Gasteiger charge is 2.18. The van der Waals surface area contributed by atoms with Gasteiger partial charge in [-0.25, -0.2) is 4.39 Å². The van der Waals surface area contributed by atoms with Gasteiger partial charge in [-0.05, 0) is 37.2 Å². The molecule has 134 valence electrons. The fourth-order valence-electron chi connectivity index (χ4n) is 2.73. The Labute approximate surface area is 149 Å². The lowest BCUT2D eigenvalue weighted by atomic mass is 9.97. The monoisotopic (exact) mass is 343 g/mol. The quantitative estimate of drug-likeness (QED) is 0.662. The zero-order chi connectivity index (χ0) is 18.2. The van der Waals surface area contributed by atoms with Gasteiger partial charge in [-0.2, -0.15) is 0 Å². The molecule has 2 aromatic carbocycles. The van der Waals surface area contributed by atoms with Crippen LogP contribution in [0.4, 0.5) is 4.39 Å². The van der Waals surface area contributed by atoms with Crippen molar-refractivity contribution < 1.29 is 13.9 Å². The Kier molecular flexibility index (Phi) is 7.14. The Hall–Kier alpha value is -2.20. The summed E-state index contributed by atoms with van der Waals surface area (Å²) in [4.78, 5) is 14.4. The van der Waals surface area contributed by atoms with E-state index in [2.05, 4.69) is 18.7 Å². The Bertz CT molecular complexity index is 684. The number of esters is 1. The van der Waals surface area contributed by atoms with E-state index in [1.807, 2.05) is 30.3 Å². The van der Waals surface area contributed by atoms with E-state index in [1.165, 1.54) is 6.07 Å². The molecule has 0 aliphatic heterocycles. The molecule has 0 saturated carbocycles. The molecule has 2 aromatic rings. The number of rotatable bonds is 8. The molecule has 0 aliphatic carbocycles. The molecule has 0 heterocycles. The van der Waals surface area contributed by atoms with E-state index in [4.69, 9.17) is 4.74 Å². The second-order valence-electron chi connectivity index (χ2n) is 6.02. The minimum atomic E-state index is -0.490. The van der Waals surface area contributed by atoms with Crippen LogP contribution < -0.4 is 0 Å². The summed E-state index contributed by atoms with van der Waals surface area (Å²) in [6.07, 6.45) is 0. The molecule has 0 aromatic heterocycles. The van der Waals surface area contributed by atoms with Gasteiger partial charge in [-0.1, -0.05) is 56.3 Å². The lowest BCUT2D eigenvalue weighted by molar-refractivity contribution is -0.145. The molecule has 2 rings (SSSR count). The Balaban J connectivity index is 2.01. The highest BCUT2D eigenvalue weighted by atomic mass is 19.1. The SMILES string of the molecule is CCN(CC)CCOC(=O)[C@@H](C)c1ccc(-c2ccccc2)c(F)c1. The number of hydrogen-bond donors (Lipinski definition) is 0. The first-order valence-electron chi connectivity index (χ1n) is 8.80. The van der Waals surface area contributed by atoms with E-state index in [1.54, 1.807) is 19.1 Å². The molecule has 4 heteroatoms. The number of benzene rings is 2. The summed E-state index contributed by atoms with van der Waals surface area (Å²) in [6.45, 7) is 8.82. The molecule has 3 nitrogen and oxygen atoms in total. The topological polar surface area (TPSA) is 29.5 Å². The van der Waals surface area contributed by atoms with Crippen LogP contribution in [0.3, 0.4) is 0 Å². The zero-order valence-electron chi connectivity index (χ0n) is 15.2. The van der Waals surface area contributed by atoms with Crippen molar-refractivity contribution >= 4 is 5.97 Å². The second kappa shape index (κ2) is 9.33. The molecule has 0 N–H and O–H groups in total. The lowest BCUT2D eigenvalue weighted by Crippen LogP contribution is -2.28. The predicted octanol–water partition coefficient (Wildman–Crippen LogP) is 4.48. The van der Waals surface area contributed by atoms with Gasteiger partial charge < -0.3 is 9.64 Å². The van der Waals surface area contributed by atoms with E-state index in [9.17, 15) is 9.18 Å². The van der Waals surface area contributed by atoms with Gasteiger partial charge in [-0.15, -0.1) is 0 Å². The first-order chi connectivity index (χ1) is 12.1. The van der Waals surface area contributed by atoms with Gasteiger partial charge in [0, 0.05) is 12.1 Å². The maximum absolute atomic E-state index is 14.5. The van der Waals surface area contributed by atoms with E-state index in [-0.39, 0.29) is 11.8 Å². The van der Waals surface area contributed by atoms with Crippen LogP contribution in [0.2, 0.25) is 0 Å². The van der Waals surface area contributed by atoms with Crippen molar-refractivity contribution in [3.8, 4) is 11.1 Å². The van der Waals surface area contributed by atoms with Crippen molar-refractivity contribution in [2.45, 2.75) is 26.7 Å². The molecule has 0 bridgehead atoms. The third-order valence-electron chi connectivity index (χ3n) is 4.48. The Morgan fingerprint density at radius 2 is 1.80 bits per heavy atom. The predicted molar refractivity (Wildman–Crippen MR) is 99.0 cm³/mol. The van der Waals surface area contributed by atoms with E-state index >= 15 is 0 Å². The number of carbonyl (C=O) groups excluding carboxylic acids is 1. The summed E-state index contributed by atoms with van der Waals surface area (Å²) < 4.78 is 19.8. The van der Waals surface area contributed by atoms with Crippen LogP contribution in [-0.4, -0.2) is 37.1 Å². The van der Waals surface area contributed by atoms with Crippen molar-refractivity contribution in [1.29, 1.82) is 0 Å². The standard InChI is InChI=1S/C21H26FNO2/c1-4-23(5-2)13-14-25-21(24)16(3)18-11-12-19(20(22)15-18)17-9-7-6-8-10-17/h6-12,15-16H,4-5,13-14H2,1-3H3/t16-/m0/s1. The fraction of sp³-hybridized carbons (Fsp3) is 0.381. The lowest BCUT2D eigenvalue weighted by Gasteiger charge is -2.19. The van der Waals surface area contributed by atoms with Gasteiger partial charge in [0.25, 0.3) is 0 Å². The second-order valence-corrected chi connectivity index (χ2v) is 6.02. The average Bonchev–Trinajstić information content (AvgIpc) is 2.65. The Morgan fingerprint density at radius 1 is 1.12 bits per heavy atom. The maximum atomic E-state index is 14.5. The molecule has 0 unspecified atom stereocenters. The number of halogens is 1. The summed E-state index contributed by atoms with van der Waals surface area (Å²) >= 11 is 0. The van der Waals surface area contributed by atoms with Gasteiger partial charge in [0.15, 0.2) is 0 Å². The molecule has 0 spiro atoms. The minimum absolute atomic E-state index is 0.320. The highest BCUT2D eigenvalue weighted by molar-refractivity contribution is 5.78. The highest BCUT2D eigenvalue weighted by Crippen LogP contribution is 2.26. The maximum Gasteiger partial charge on any atom is 0.313 e. The van der Waals surface area contributed by atoms with Gasteiger partial charge in [0.05, 0.1) is 5.92 Å². The average molecular weight is 343 g/mol. The fourth-order valence-corrected chi connectivity index (χ4v) is 2.73. The summed E-state index contributed by atoms with van der Waals surface area (Å²) in [6, 6.07) is 14.3. The Morgan fingerprint density at radius 3 is 2.40 bits per heavy atom. The van der Waals surface area contributed by atoms with Gasteiger partial charge in [0.2, 0.25) is 0 Å².